The molecule has 0 aliphatic heterocycles. The van der Waals surface area contributed by atoms with Crippen molar-refractivity contribution in [1.82, 2.24) is 19.8 Å². The van der Waals surface area contributed by atoms with E-state index in [1.54, 1.807) is 43.7 Å². The molecule has 8 heteroatoms. The van der Waals surface area contributed by atoms with Crippen LogP contribution in [0.25, 0.3) is 5.69 Å². The van der Waals surface area contributed by atoms with Crippen molar-refractivity contribution in [3.05, 3.63) is 48.5 Å². The number of benzene rings is 1. The van der Waals surface area contributed by atoms with E-state index < -0.39 is 0 Å². The van der Waals surface area contributed by atoms with Crippen LogP contribution in [0.1, 0.15) is 29.6 Å². The number of aromatic nitrogens is 2. The van der Waals surface area contributed by atoms with Crippen molar-refractivity contribution >= 4 is 11.8 Å². The standard InChI is InChI=1S/C21H28N4O4/c1-24(11-12-26)21(28)16-5-8-19(29-2)18(13-16)23-20(27)15-3-6-17(7-4-15)25-10-9-22-14-25/h3-4,6-7,9-10,14,16,18-19,26H,5,8,11-13H2,1-2H3,(H,23,27)/t16-,18+,19+/m0/s1. The molecule has 1 saturated carbocycles. The fraction of sp³-hybridized carbons (Fsp3) is 0.476. The summed E-state index contributed by atoms with van der Waals surface area (Å²) in [5.74, 6) is -0.379. The number of hydrogen-bond acceptors (Lipinski definition) is 5. The number of nitrogens with one attached hydrogen (secondary N) is 1. The lowest BCUT2D eigenvalue weighted by atomic mass is 9.82. The lowest BCUT2D eigenvalue weighted by Crippen LogP contribution is -2.50. The van der Waals surface area contributed by atoms with E-state index in [0.29, 0.717) is 31.4 Å². The first-order chi connectivity index (χ1) is 14.0. The predicted octanol–water partition coefficient (Wildman–Crippen LogP) is 1.24. The zero-order valence-corrected chi connectivity index (χ0v) is 16.8. The lowest BCUT2D eigenvalue weighted by Gasteiger charge is -2.36. The van der Waals surface area contributed by atoms with Crippen molar-refractivity contribution in [2.24, 2.45) is 5.92 Å². The number of aliphatic hydroxyl groups is 1. The largest absolute Gasteiger partial charge is 0.395 e. The summed E-state index contributed by atoms with van der Waals surface area (Å²) in [5.41, 5.74) is 1.47. The van der Waals surface area contributed by atoms with E-state index in [4.69, 9.17) is 9.84 Å². The second-order valence-corrected chi connectivity index (χ2v) is 7.36. The molecule has 29 heavy (non-hydrogen) atoms. The molecule has 1 aliphatic carbocycles. The van der Waals surface area contributed by atoms with Crippen LogP contribution in [-0.4, -0.2) is 70.8 Å². The van der Waals surface area contributed by atoms with Crippen molar-refractivity contribution in [3.63, 3.8) is 0 Å². The number of hydrogen-bond donors (Lipinski definition) is 2. The molecule has 0 spiro atoms. The number of carbonyl (C=O) groups is 2. The van der Waals surface area contributed by atoms with Gasteiger partial charge in [-0.1, -0.05) is 0 Å². The number of imidazole rings is 1. The summed E-state index contributed by atoms with van der Waals surface area (Å²) in [7, 11) is 3.32. The Balaban J connectivity index is 1.65. The Labute approximate surface area is 170 Å². The smallest absolute Gasteiger partial charge is 0.251 e. The molecule has 0 bridgehead atoms. The minimum atomic E-state index is -0.244. The van der Waals surface area contributed by atoms with Gasteiger partial charge < -0.3 is 24.6 Å². The van der Waals surface area contributed by atoms with Crippen molar-refractivity contribution in [2.75, 3.05) is 27.3 Å². The number of rotatable bonds is 7. The molecule has 2 aromatic rings. The Hall–Kier alpha value is -2.71. The molecule has 1 aromatic heterocycles. The molecule has 8 nitrogen and oxygen atoms in total. The molecule has 2 N–H and O–H groups in total. The van der Waals surface area contributed by atoms with E-state index in [-0.39, 0.29) is 36.5 Å². The van der Waals surface area contributed by atoms with Crippen LogP contribution in [0.5, 0.6) is 0 Å². The van der Waals surface area contributed by atoms with Gasteiger partial charge in [-0.05, 0) is 43.5 Å². The second kappa shape index (κ2) is 9.67. The summed E-state index contributed by atoms with van der Waals surface area (Å²) >= 11 is 0. The van der Waals surface area contributed by atoms with E-state index in [2.05, 4.69) is 10.3 Å². The van der Waals surface area contributed by atoms with Gasteiger partial charge in [-0.3, -0.25) is 9.59 Å². The molecule has 156 valence electrons. The molecular weight excluding hydrogens is 372 g/mol. The Morgan fingerprint density at radius 2 is 2.07 bits per heavy atom. The van der Waals surface area contributed by atoms with Gasteiger partial charge in [0, 0.05) is 50.3 Å². The SMILES string of the molecule is CO[C@@H]1CC[C@H](C(=O)N(C)CCO)C[C@H]1NC(=O)c1ccc(-n2ccnc2)cc1. The zero-order valence-electron chi connectivity index (χ0n) is 16.8. The second-order valence-electron chi connectivity index (χ2n) is 7.36. The van der Waals surface area contributed by atoms with Crippen molar-refractivity contribution in [2.45, 2.75) is 31.4 Å². The van der Waals surface area contributed by atoms with Crippen molar-refractivity contribution in [3.8, 4) is 5.69 Å². The van der Waals surface area contributed by atoms with Crippen LogP contribution in [0.2, 0.25) is 0 Å². The molecule has 1 aromatic carbocycles. The molecular formula is C21H28N4O4. The molecule has 2 amide bonds. The molecule has 1 fully saturated rings. The average molecular weight is 400 g/mol. The average Bonchev–Trinajstić information content (AvgIpc) is 3.28. The first kappa shape index (κ1) is 21.0. The molecule has 3 rings (SSSR count). The first-order valence-electron chi connectivity index (χ1n) is 9.81. The Morgan fingerprint density at radius 3 is 2.69 bits per heavy atom. The van der Waals surface area contributed by atoms with E-state index in [1.807, 2.05) is 22.9 Å². The van der Waals surface area contributed by atoms with Crippen LogP contribution in [0.4, 0.5) is 0 Å². The fourth-order valence-corrected chi connectivity index (χ4v) is 3.82. The number of aliphatic hydroxyl groups excluding tert-OH is 1. The third kappa shape index (κ3) is 5.02. The third-order valence-corrected chi connectivity index (χ3v) is 5.50. The van der Waals surface area contributed by atoms with Gasteiger partial charge in [-0.2, -0.15) is 0 Å². The number of methoxy groups -OCH3 is 1. The quantitative estimate of drug-likeness (QED) is 0.729. The van der Waals surface area contributed by atoms with Crippen LogP contribution < -0.4 is 5.32 Å². The number of ether oxygens (including phenoxy) is 1. The highest BCUT2D eigenvalue weighted by Gasteiger charge is 2.36. The first-order valence-corrected chi connectivity index (χ1v) is 9.81. The summed E-state index contributed by atoms with van der Waals surface area (Å²) in [6.07, 6.45) is 7.03. The maximum absolute atomic E-state index is 12.8. The monoisotopic (exact) mass is 400 g/mol. The fourth-order valence-electron chi connectivity index (χ4n) is 3.82. The van der Waals surface area contributed by atoms with Gasteiger partial charge in [-0.25, -0.2) is 4.98 Å². The minimum absolute atomic E-state index is 0.00228. The Kier molecular flexibility index (Phi) is 7.00. The van der Waals surface area contributed by atoms with Crippen LogP contribution >= 0.6 is 0 Å². The maximum atomic E-state index is 12.8. The molecule has 1 aliphatic rings. The number of nitrogens with zero attached hydrogens (tertiary/aromatic N) is 3. The molecule has 0 saturated heterocycles. The third-order valence-electron chi connectivity index (χ3n) is 5.50. The van der Waals surface area contributed by atoms with E-state index in [0.717, 1.165) is 5.69 Å². The van der Waals surface area contributed by atoms with Crippen molar-refractivity contribution < 1.29 is 19.4 Å². The maximum Gasteiger partial charge on any atom is 0.251 e. The highest BCUT2D eigenvalue weighted by molar-refractivity contribution is 5.94. The summed E-state index contributed by atoms with van der Waals surface area (Å²) < 4.78 is 7.42. The summed E-state index contributed by atoms with van der Waals surface area (Å²) in [6, 6.07) is 7.02. The lowest BCUT2D eigenvalue weighted by molar-refractivity contribution is -0.137. The van der Waals surface area contributed by atoms with Gasteiger partial charge in [0.15, 0.2) is 0 Å². The summed E-state index contributed by atoms with van der Waals surface area (Å²) in [4.78, 5) is 30.9. The van der Waals surface area contributed by atoms with E-state index in [1.165, 1.54) is 0 Å². The predicted molar refractivity (Wildman–Crippen MR) is 108 cm³/mol. The summed E-state index contributed by atoms with van der Waals surface area (Å²) in [6.45, 7) is 0.244. The van der Waals surface area contributed by atoms with Crippen molar-refractivity contribution in [1.29, 1.82) is 0 Å². The van der Waals surface area contributed by atoms with Gasteiger partial charge in [0.25, 0.3) is 5.91 Å². The van der Waals surface area contributed by atoms with Gasteiger partial charge in [0.05, 0.1) is 25.1 Å². The summed E-state index contributed by atoms with van der Waals surface area (Å²) in [5, 5.41) is 12.1. The normalized spacial score (nSPS) is 21.6. The Bertz CT molecular complexity index is 807. The van der Waals surface area contributed by atoms with Gasteiger partial charge in [-0.15, -0.1) is 0 Å². The van der Waals surface area contributed by atoms with Crippen LogP contribution in [0.15, 0.2) is 43.0 Å². The number of amides is 2. The zero-order chi connectivity index (χ0) is 20.8. The molecule has 1 heterocycles. The highest BCUT2D eigenvalue weighted by Crippen LogP contribution is 2.28. The Morgan fingerprint density at radius 1 is 1.31 bits per heavy atom. The number of likely N-dealkylation sites (N-methyl/N-ethyl adjacent to an activating group) is 1. The van der Waals surface area contributed by atoms with Gasteiger partial charge in [0.1, 0.15) is 0 Å². The molecule has 0 unspecified atom stereocenters. The molecule has 3 atom stereocenters. The van der Waals surface area contributed by atoms with Gasteiger partial charge in [0.2, 0.25) is 5.91 Å². The van der Waals surface area contributed by atoms with Crippen LogP contribution in [0, 0.1) is 5.92 Å². The minimum Gasteiger partial charge on any atom is -0.395 e. The highest BCUT2D eigenvalue weighted by atomic mass is 16.5. The van der Waals surface area contributed by atoms with Crippen LogP contribution in [-0.2, 0) is 9.53 Å². The van der Waals surface area contributed by atoms with Gasteiger partial charge >= 0.3 is 0 Å². The van der Waals surface area contributed by atoms with Crippen LogP contribution in [0.3, 0.4) is 0 Å². The van der Waals surface area contributed by atoms with E-state index >= 15 is 0 Å². The van der Waals surface area contributed by atoms with E-state index in [9.17, 15) is 9.59 Å². The molecule has 0 radical (unpaired) electrons. The topological polar surface area (TPSA) is 96.7 Å². The number of carbonyl (C=O) groups excluding carboxylic acids is 2.